The standard InChI is InChI=1S/C21H18ClN3O2/c1-15-12-18(22)9-10-19(15)27-14-20(26)24-25-21(16-6-3-2-4-7-16)17-8-5-11-23-13-17/h2-13H,14H2,1H3,(H,24,26)/b25-21+. The van der Waals surface area contributed by atoms with Gasteiger partial charge in [0.25, 0.3) is 5.91 Å². The minimum Gasteiger partial charge on any atom is -0.483 e. The number of hydrazone groups is 1. The zero-order valence-electron chi connectivity index (χ0n) is 14.7. The van der Waals surface area contributed by atoms with Crippen LogP contribution in [0, 0.1) is 6.92 Å². The largest absolute Gasteiger partial charge is 0.483 e. The van der Waals surface area contributed by atoms with Crippen molar-refractivity contribution in [3.05, 3.63) is 94.8 Å². The van der Waals surface area contributed by atoms with E-state index < -0.39 is 0 Å². The average Bonchev–Trinajstić information content (AvgIpc) is 2.69. The summed E-state index contributed by atoms with van der Waals surface area (Å²) < 4.78 is 5.54. The third-order valence-electron chi connectivity index (χ3n) is 3.77. The molecule has 0 saturated carbocycles. The molecule has 2 aromatic carbocycles. The summed E-state index contributed by atoms with van der Waals surface area (Å²) in [4.78, 5) is 16.3. The van der Waals surface area contributed by atoms with E-state index in [1.807, 2.05) is 49.4 Å². The number of rotatable bonds is 6. The fraction of sp³-hybridized carbons (Fsp3) is 0.0952. The van der Waals surface area contributed by atoms with Gasteiger partial charge in [0.15, 0.2) is 6.61 Å². The van der Waals surface area contributed by atoms with Crippen LogP contribution >= 0.6 is 11.6 Å². The van der Waals surface area contributed by atoms with Crippen LogP contribution in [-0.4, -0.2) is 23.2 Å². The molecule has 1 amide bonds. The first-order valence-corrected chi connectivity index (χ1v) is 8.72. The minimum absolute atomic E-state index is 0.152. The van der Waals surface area contributed by atoms with Gasteiger partial charge in [-0.25, -0.2) is 5.43 Å². The SMILES string of the molecule is Cc1cc(Cl)ccc1OCC(=O)N/N=C(\c1ccccc1)c1cccnc1. The number of hydrogen-bond donors (Lipinski definition) is 1. The number of halogens is 1. The first kappa shape index (κ1) is 18.6. The maximum Gasteiger partial charge on any atom is 0.277 e. The molecule has 6 heteroatoms. The number of hydrogen-bond acceptors (Lipinski definition) is 4. The molecule has 1 heterocycles. The van der Waals surface area contributed by atoms with Gasteiger partial charge in [-0.15, -0.1) is 0 Å². The van der Waals surface area contributed by atoms with Crippen molar-refractivity contribution in [1.82, 2.24) is 10.4 Å². The van der Waals surface area contributed by atoms with Gasteiger partial charge < -0.3 is 4.74 Å². The van der Waals surface area contributed by atoms with Gasteiger partial charge >= 0.3 is 0 Å². The Balaban J connectivity index is 1.71. The van der Waals surface area contributed by atoms with Crippen LogP contribution in [0.3, 0.4) is 0 Å². The summed E-state index contributed by atoms with van der Waals surface area (Å²) in [5.74, 6) is 0.246. The van der Waals surface area contributed by atoms with E-state index in [-0.39, 0.29) is 12.5 Å². The Morgan fingerprint density at radius 1 is 1.11 bits per heavy atom. The van der Waals surface area contributed by atoms with E-state index in [4.69, 9.17) is 16.3 Å². The monoisotopic (exact) mass is 379 g/mol. The minimum atomic E-state index is -0.360. The summed E-state index contributed by atoms with van der Waals surface area (Å²) in [5, 5.41) is 4.91. The Kier molecular flexibility index (Phi) is 6.18. The van der Waals surface area contributed by atoms with E-state index in [1.165, 1.54) is 0 Å². The van der Waals surface area contributed by atoms with Crippen molar-refractivity contribution in [3.8, 4) is 5.75 Å². The number of ether oxygens (including phenoxy) is 1. The zero-order valence-corrected chi connectivity index (χ0v) is 15.5. The molecule has 0 fully saturated rings. The van der Waals surface area contributed by atoms with E-state index in [0.717, 1.165) is 16.7 Å². The number of carbonyl (C=O) groups is 1. The molecule has 1 N–H and O–H groups in total. The molecule has 136 valence electrons. The lowest BCUT2D eigenvalue weighted by Gasteiger charge is -2.10. The third kappa shape index (κ3) is 5.15. The molecule has 0 aliphatic carbocycles. The number of carbonyl (C=O) groups excluding carboxylic acids is 1. The summed E-state index contributed by atoms with van der Waals surface area (Å²) in [5.41, 5.74) is 5.72. The van der Waals surface area contributed by atoms with Crippen molar-refractivity contribution in [2.45, 2.75) is 6.92 Å². The second-order valence-corrected chi connectivity index (χ2v) is 6.24. The van der Waals surface area contributed by atoms with Gasteiger partial charge in [-0.1, -0.05) is 41.9 Å². The summed E-state index contributed by atoms with van der Waals surface area (Å²) in [6.45, 7) is 1.72. The number of pyridine rings is 1. The number of aryl methyl sites for hydroxylation is 1. The van der Waals surface area contributed by atoms with Crippen LogP contribution in [0.4, 0.5) is 0 Å². The van der Waals surface area contributed by atoms with E-state index in [9.17, 15) is 4.79 Å². The number of nitrogens with zero attached hydrogens (tertiary/aromatic N) is 2. The molecule has 1 aromatic heterocycles. The van der Waals surface area contributed by atoms with E-state index in [0.29, 0.717) is 16.5 Å². The van der Waals surface area contributed by atoms with Crippen molar-refractivity contribution in [2.24, 2.45) is 5.10 Å². The van der Waals surface area contributed by atoms with Crippen LogP contribution in [0.5, 0.6) is 5.75 Å². The maximum atomic E-state index is 12.2. The number of amides is 1. The van der Waals surface area contributed by atoms with Crippen LogP contribution < -0.4 is 10.2 Å². The van der Waals surface area contributed by atoms with Crippen LogP contribution in [-0.2, 0) is 4.79 Å². The predicted octanol–water partition coefficient (Wildman–Crippen LogP) is 3.99. The highest BCUT2D eigenvalue weighted by molar-refractivity contribution is 6.30. The first-order valence-electron chi connectivity index (χ1n) is 8.35. The average molecular weight is 380 g/mol. The summed E-state index contributed by atoms with van der Waals surface area (Å²) >= 11 is 5.92. The van der Waals surface area contributed by atoms with Crippen LogP contribution in [0.1, 0.15) is 16.7 Å². The fourth-order valence-electron chi connectivity index (χ4n) is 2.46. The quantitative estimate of drug-likeness (QED) is 0.520. The lowest BCUT2D eigenvalue weighted by atomic mass is 10.0. The van der Waals surface area contributed by atoms with Crippen LogP contribution in [0.2, 0.25) is 5.02 Å². The highest BCUT2D eigenvalue weighted by atomic mass is 35.5. The van der Waals surface area contributed by atoms with Crippen molar-refractivity contribution in [3.63, 3.8) is 0 Å². The molecular formula is C21H18ClN3O2. The Morgan fingerprint density at radius 2 is 1.89 bits per heavy atom. The summed E-state index contributed by atoms with van der Waals surface area (Å²) in [6.07, 6.45) is 3.39. The van der Waals surface area contributed by atoms with E-state index >= 15 is 0 Å². The molecule has 0 aliphatic heterocycles. The van der Waals surface area contributed by atoms with Crippen molar-refractivity contribution in [2.75, 3.05) is 6.61 Å². The second-order valence-electron chi connectivity index (χ2n) is 5.80. The van der Waals surface area contributed by atoms with E-state index in [1.54, 1.807) is 30.6 Å². The molecule has 0 bridgehead atoms. The molecule has 0 unspecified atom stereocenters. The predicted molar refractivity (Wildman–Crippen MR) is 106 cm³/mol. The number of benzene rings is 2. The van der Waals surface area contributed by atoms with Crippen LogP contribution in [0.25, 0.3) is 0 Å². The molecule has 27 heavy (non-hydrogen) atoms. The lowest BCUT2D eigenvalue weighted by molar-refractivity contribution is -0.123. The lowest BCUT2D eigenvalue weighted by Crippen LogP contribution is -2.26. The maximum absolute atomic E-state index is 12.2. The van der Waals surface area contributed by atoms with Gasteiger partial charge in [0, 0.05) is 28.5 Å². The first-order chi connectivity index (χ1) is 13.1. The molecule has 3 rings (SSSR count). The van der Waals surface area contributed by atoms with Crippen molar-refractivity contribution in [1.29, 1.82) is 0 Å². The van der Waals surface area contributed by atoms with Crippen molar-refractivity contribution < 1.29 is 9.53 Å². The van der Waals surface area contributed by atoms with Crippen molar-refractivity contribution >= 4 is 23.2 Å². The third-order valence-corrected chi connectivity index (χ3v) is 4.01. The van der Waals surface area contributed by atoms with Gasteiger partial charge in [-0.2, -0.15) is 5.10 Å². The van der Waals surface area contributed by atoms with Gasteiger partial charge in [0.2, 0.25) is 0 Å². The second kappa shape index (κ2) is 8.96. The molecule has 3 aromatic rings. The molecule has 0 radical (unpaired) electrons. The van der Waals surface area contributed by atoms with Gasteiger partial charge in [0.05, 0.1) is 5.71 Å². The molecule has 0 atom stereocenters. The Labute approximate surface area is 162 Å². The zero-order chi connectivity index (χ0) is 19.1. The molecule has 0 aliphatic rings. The molecule has 5 nitrogen and oxygen atoms in total. The molecule has 0 spiro atoms. The Bertz CT molecular complexity index is 903. The number of nitrogens with one attached hydrogen (secondary N) is 1. The highest BCUT2D eigenvalue weighted by Gasteiger charge is 2.09. The number of aromatic nitrogens is 1. The van der Waals surface area contributed by atoms with Crippen LogP contribution in [0.15, 0.2) is 78.2 Å². The highest BCUT2D eigenvalue weighted by Crippen LogP contribution is 2.21. The summed E-state index contributed by atoms with van der Waals surface area (Å²) in [6, 6.07) is 18.5. The van der Waals surface area contributed by atoms with Gasteiger partial charge in [-0.3, -0.25) is 9.78 Å². The fourth-order valence-corrected chi connectivity index (χ4v) is 2.69. The molecule has 0 saturated heterocycles. The molecular weight excluding hydrogens is 362 g/mol. The normalized spacial score (nSPS) is 11.1. The summed E-state index contributed by atoms with van der Waals surface area (Å²) in [7, 11) is 0. The van der Waals surface area contributed by atoms with Gasteiger partial charge in [-0.05, 0) is 42.8 Å². The van der Waals surface area contributed by atoms with E-state index in [2.05, 4.69) is 15.5 Å². The smallest absolute Gasteiger partial charge is 0.277 e. The van der Waals surface area contributed by atoms with Gasteiger partial charge in [0.1, 0.15) is 5.75 Å². The Hall–Kier alpha value is -3.18. The Morgan fingerprint density at radius 3 is 2.59 bits per heavy atom. The topological polar surface area (TPSA) is 63.6 Å².